The third-order valence-electron chi connectivity index (χ3n) is 1.80. The summed E-state index contributed by atoms with van der Waals surface area (Å²) in [6, 6.07) is 9.02. The Hall–Kier alpha value is -1.41. The molecule has 0 amide bonds. The molecule has 0 aliphatic heterocycles. The third-order valence-corrected chi connectivity index (χ3v) is 2.04. The Balaban J connectivity index is 2.53. The maximum Gasteiger partial charge on any atom is 0.135 e. The van der Waals surface area contributed by atoms with Gasteiger partial charge in [-0.2, -0.15) is 0 Å². The Labute approximate surface area is 80.9 Å². The fourth-order valence-electron chi connectivity index (χ4n) is 1.19. The first-order valence-corrected chi connectivity index (χ1v) is 4.24. The van der Waals surface area contributed by atoms with Crippen molar-refractivity contribution in [2.75, 3.05) is 5.73 Å². The van der Waals surface area contributed by atoms with Crippen LogP contribution in [0.1, 0.15) is 0 Å². The van der Waals surface area contributed by atoms with Crippen LogP contribution < -0.4 is 5.73 Å². The van der Waals surface area contributed by atoms with E-state index >= 15 is 0 Å². The molecule has 1 heterocycles. The molecule has 2 N–H and O–H groups in total. The van der Waals surface area contributed by atoms with Gasteiger partial charge in [0, 0.05) is 16.3 Å². The molecule has 0 spiro atoms. The molecule has 1 aromatic carbocycles. The van der Waals surface area contributed by atoms with Crippen molar-refractivity contribution in [1.82, 2.24) is 0 Å². The SMILES string of the molecule is Nc1cc(Cl)ccc1-c1ccco1. The number of furan rings is 1. The highest BCUT2D eigenvalue weighted by Gasteiger charge is 2.04. The van der Waals surface area contributed by atoms with E-state index < -0.39 is 0 Å². The van der Waals surface area contributed by atoms with Gasteiger partial charge in [-0.25, -0.2) is 0 Å². The summed E-state index contributed by atoms with van der Waals surface area (Å²) in [5, 5.41) is 0.632. The van der Waals surface area contributed by atoms with Crippen LogP contribution in [0.2, 0.25) is 5.02 Å². The third kappa shape index (κ3) is 1.53. The first-order valence-electron chi connectivity index (χ1n) is 3.86. The summed E-state index contributed by atoms with van der Waals surface area (Å²) in [7, 11) is 0. The summed E-state index contributed by atoms with van der Waals surface area (Å²) in [5.74, 6) is 0.758. The average molecular weight is 194 g/mol. The van der Waals surface area contributed by atoms with E-state index in [1.165, 1.54) is 0 Å². The maximum absolute atomic E-state index is 5.77. The summed E-state index contributed by atoms with van der Waals surface area (Å²) in [6.45, 7) is 0. The van der Waals surface area contributed by atoms with Crippen LogP contribution in [-0.4, -0.2) is 0 Å². The van der Waals surface area contributed by atoms with Gasteiger partial charge in [-0.05, 0) is 30.3 Å². The van der Waals surface area contributed by atoms with Gasteiger partial charge in [0.1, 0.15) is 5.76 Å². The summed E-state index contributed by atoms with van der Waals surface area (Å²) in [4.78, 5) is 0. The van der Waals surface area contributed by atoms with Crippen molar-refractivity contribution >= 4 is 17.3 Å². The van der Waals surface area contributed by atoms with Crippen LogP contribution in [0.5, 0.6) is 0 Å². The first-order chi connectivity index (χ1) is 6.27. The lowest BCUT2D eigenvalue weighted by atomic mass is 10.1. The van der Waals surface area contributed by atoms with Crippen LogP contribution in [0, 0.1) is 0 Å². The molecule has 3 heteroatoms. The van der Waals surface area contributed by atoms with E-state index in [1.54, 1.807) is 18.4 Å². The molecular formula is C10H8ClNO. The molecule has 13 heavy (non-hydrogen) atoms. The van der Waals surface area contributed by atoms with Gasteiger partial charge in [-0.1, -0.05) is 11.6 Å². The van der Waals surface area contributed by atoms with Gasteiger partial charge in [0.15, 0.2) is 0 Å². The van der Waals surface area contributed by atoms with Crippen molar-refractivity contribution in [2.45, 2.75) is 0 Å². The quantitative estimate of drug-likeness (QED) is 0.707. The number of hydrogen-bond donors (Lipinski definition) is 1. The highest BCUT2D eigenvalue weighted by Crippen LogP contribution is 2.28. The van der Waals surface area contributed by atoms with Gasteiger partial charge < -0.3 is 10.2 Å². The number of benzene rings is 1. The molecule has 0 fully saturated rings. The van der Waals surface area contributed by atoms with Gasteiger partial charge in [0.2, 0.25) is 0 Å². The molecule has 0 aliphatic carbocycles. The smallest absolute Gasteiger partial charge is 0.135 e. The minimum absolute atomic E-state index is 0.627. The van der Waals surface area contributed by atoms with E-state index in [-0.39, 0.29) is 0 Å². The highest BCUT2D eigenvalue weighted by molar-refractivity contribution is 6.31. The Morgan fingerprint density at radius 1 is 1.23 bits per heavy atom. The van der Waals surface area contributed by atoms with Crippen molar-refractivity contribution in [3.05, 3.63) is 41.6 Å². The van der Waals surface area contributed by atoms with E-state index in [4.69, 9.17) is 21.8 Å². The summed E-state index contributed by atoms with van der Waals surface area (Å²) in [5.41, 5.74) is 7.27. The Kier molecular flexibility index (Phi) is 1.99. The Morgan fingerprint density at radius 2 is 2.08 bits per heavy atom. The average Bonchev–Trinajstić information content (AvgIpc) is 2.56. The Morgan fingerprint density at radius 3 is 2.69 bits per heavy atom. The minimum atomic E-state index is 0.627. The van der Waals surface area contributed by atoms with Gasteiger partial charge in [0.05, 0.1) is 6.26 Å². The van der Waals surface area contributed by atoms with E-state index in [1.807, 2.05) is 18.2 Å². The van der Waals surface area contributed by atoms with Crippen molar-refractivity contribution in [3.63, 3.8) is 0 Å². The molecule has 2 nitrogen and oxygen atoms in total. The molecule has 0 bridgehead atoms. The maximum atomic E-state index is 5.77. The van der Waals surface area contributed by atoms with Crippen LogP contribution >= 0.6 is 11.6 Å². The second kappa shape index (κ2) is 3.15. The fraction of sp³-hybridized carbons (Fsp3) is 0. The molecule has 2 aromatic rings. The van der Waals surface area contributed by atoms with Gasteiger partial charge in [-0.3, -0.25) is 0 Å². The molecular weight excluding hydrogens is 186 g/mol. The minimum Gasteiger partial charge on any atom is -0.464 e. The normalized spacial score (nSPS) is 10.2. The predicted octanol–water partition coefficient (Wildman–Crippen LogP) is 3.18. The van der Waals surface area contributed by atoms with Crippen LogP contribution in [0.15, 0.2) is 41.0 Å². The van der Waals surface area contributed by atoms with E-state index in [0.717, 1.165) is 11.3 Å². The summed E-state index contributed by atoms with van der Waals surface area (Å²) < 4.78 is 5.22. The van der Waals surface area contributed by atoms with Crippen LogP contribution in [0.25, 0.3) is 11.3 Å². The standard InChI is InChI=1S/C10H8ClNO/c11-7-3-4-8(9(12)6-7)10-2-1-5-13-10/h1-6H,12H2. The molecule has 0 saturated heterocycles. The highest BCUT2D eigenvalue weighted by atomic mass is 35.5. The zero-order chi connectivity index (χ0) is 9.26. The molecule has 2 rings (SSSR count). The predicted molar refractivity (Wildman–Crippen MR) is 53.6 cm³/mol. The lowest BCUT2D eigenvalue weighted by Gasteiger charge is -2.01. The number of halogens is 1. The molecule has 0 radical (unpaired) electrons. The van der Waals surface area contributed by atoms with Crippen LogP contribution in [0.3, 0.4) is 0 Å². The number of anilines is 1. The Bertz CT molecular complexity index is 409. The van der Waals surface area contributed by atoms with E-state index in [0.29, 0.717) is 10.7 Å². The first kappa shape index (κ1) is 8.20. The zero-order valence-electron chi connectivity index (χ0n) is 6.83. The monoisotopic (exact) mass is 193 g/mol. The van der Waals surface area contributed by atoms with E-state index in [2.05, 4.69) is 0 Å². The largest absolute Gasteiger partial charge is 0.464 e. The van der Waals surface area contributed by atoms with Crippen molar-refractivity contribution in [2.24, 2.45) is 0 Å². The van der Waals surface area contributed by atoms with Crippen molar-refractivity contribution in [1.29, 1.82) is 0 Å². The molecule has 66 valence electrons. The molecule has 0 saturated carbocycles. The number of nitrogens with two attached hydrogens (primary N) is 1. The number of rotatable bonds is 1. The fourth-order valence-corrected chi connectivity index (χ4v) is 1.37. The zero-order valence-corrected chi connectivity index (χ0v) is 7.58. The molecule has 0 atom stereocenters. The lowest BCUT2D eigenvalue weighted by molar-refractivity contribution is 0.582. The second-order valence-corrected chi connectivity index (χ2v) is 3.15. The van der Waals surface area contributed by atoms with Crippen molar-refractivity contribution in [3.8, 4) is 11.3 Å². The number of hydrogen-bond acceptors (Lipinski definition) is 2. The summed E-state index contributed by atoms with van der Waals surface area (Å²) >= 11 is 5.77. The number of nitrogen functional groups attached to an aromatic ring is 1. The molecule has 0 aliphatic rings. The van der Waals surface area contributed by atoms with Gasteiger partial charge in [-0.15, -0.1) is 0 Å². The second-order valence-electron chi connectivity index (χ2n) is 2.71. The van der Waals surface area contributed by atoms with Gasteiger partial charge in [0.25, 0.3) is 0 Å². The lowest BCUT2D eigenvalue weighted by Crippen LogP contribution is -1.88. The molecule has 0 unspecified atom stereocenters. The summed E-state index contributed by atoms with van der Waals surface area (Å²) in [6.07, 6.45) is 1.61. The van der Waals surface area contributed by atoms with Crippen molar-refractivity contribution < 1.29 is 4.42 Å². The topological polar surface area (TPSA) is 39.2 Å². The molecule has 1 aromatic heterocycles. The van der Waals surface area contributed by atoms with E-state index in [9.17, 15) is 0 Å². The van der Waals surface area contributed by atoms with Crippen LogP contribution in [0.4, 0.5) is 5.69 Å². The van der Waals surface area contributed by atoms with Gasteiger partial charge >= 0.3 is 0 Å². The van der Waals surface area contributed by atoms with Crippen LogP contribution in [-0.2, 0) is 0 Å².